The van der Waals surface area contributed by atoms with Crippen molar-refractivity contribution in [3.8, 4) is 5.88 Å². The van der Waals surface area contributed by atoms with Crippen LogP contribution >= 0.6 is 27.5 Å². The first-order valence-electron chi connectivity index (χ1n) is 6.32. The number of hydrogen-bond acceptors (Lipinski definition) is 4. The van der Waals surface area contributed by atoms with Gasteiger partial charge in [-0.25, -0.2) is 4.39 Å². The Balaban J connectivity index is 2.28. The molecule has 0 aliphatic rings. The number of benzene rings is 1. The van der Waals surface area contributed by atoms with Crippen LogP contribution in [0.2, 0.25) is 5.02 Å². The minimum atomic E-state index is -0.422. The fourth-order valence-corrected chi connectivity index (χ4v) is 2.52. The third kappa shape index (κ3) is 3.98. The van der Waals surface area contributed by atoms with Gasteiger partial charge >= 0.3 is 0 Å². The maximum atomic E-state index is 13.2. The van der Waals surface area contributed by atoms with E-state index < -0.39 is 5.82 Å². The molecule has 0 saturated heterocycles. The number of halogens is 3. The molecular weight excluding hydrogens is 361 g/mol. The molecule has 1 aromatic heterocycles. The van der Waals surface area contributed by atoms with Crippen LogP contribution in [-0.4, -0.2) is 11.6 Å². The molecule has 7 heteroatoms. The summed E-state index contributed by atoms with van der Waals surface area (Å²) in [6.07, 6.45) is 0.855. The smallest absolute Gasteiger partial charge is 0.239 e. The highest BCUT2D eigenvalue weighted by molar-refractivity contribution is 9.10. The van der Waals surface area contributed by atoms with Crippen molar-refractivity contribution in [3.05, 3.63) is 39.6 Å². The van der Waals surface area contributed by atoms with Crippen LogP contribution in [0.5, 0.6) is 5.88 Å². The standard InChI is InChI=1S/C14H14BrClFN3O/c1-2-5-21-14-11(18)3-4-12(20-14)19-13-9(15)6-8(17)7-10(13)16/h3-4,6-7H,2,5,18H2,1H3,(H,19,20). The highest BCUT2D eigenvalue weighted by atomic mass is 79.9. The second-order valence-electron chi connectivity index (χ2n) is 4.31. The Bertz CT molecular complexity index is 631. The zero-order valence-corrected chi connectivity index (χ0v) is 13.6. The fraction of sp³-hybridized carbons (Fsp3) is 0.214. The van der Waals surface area contributed by atoms with Crippen LogP contribution in [0.4, 0.5) is 21.6 Å². The van der Waals surface area contributed by atoms with Crippen molar-refractivity contribution in [2.45, 2.75) is 13.3 Å². The molecule has 1 heterocycles. The predicted octanol–water partition coefficient (Wildman–Crippen LogP) is 4.75. The third-order valence-corrected chi connectivity index (χ3v) is 3.52. The molecule has 0 unspecified atom stereocenters. The molecule has 0 saturated carbocycles. The lowest BCUT2D eigenvalue weighted by molar-refractivity contribution is 0.307. The largest absolute Gasteiger partial charge is 0.476 e. The van der Waals surface area contributed by atoms with Crippen LogP contribution in [0.3, 0.4) is 0 Å². The lowest BCUT2D eigenvalue weighted by atomic mass is 10.3. The number of nitrogens with two attached hydrogens (primary N) is 1. The Hall–Kier alpha value is -1.53. The molecule has 1 aromatic carbocycles. The minimum Gasteiger partial charge on any atom is -0.476 e. The molecule has 3 N–H and O–H groups in total. The second-order valence-corrected chi connectivity index (χ2v) is 5.57. The number of aromatic nitrogens is 1. The van der Waals surface area contributed by atoms with Crippen LogP contribution in [-0.2, 0) is 0 Å². The van der Waals surface area contributed by atoms with E-state index in [1.165, 1.54) is 12.1 Å². The van der Waals surface area contributed by atoms with E-state index in [2.05, 4.69) is 26.2 Å². The predicted molar refractivity (Wildman–Crippen MR) is 86.8 cm³/mol. The van der Waals surface area contributed by atoms with Crippen molar-refractivity contribution < 1.29 is 9.13 Å². The molecular formula is C14H14BrClFN3O. The Morgan fingerprint density at radius 1 is 1.43 bits per heavy atom. The van der Waals surface area contributed by atoms with Gasteiger partial charge in [-0.2, -0.15) is 4.98 Å². The van der Waals surface area contributed by atoms with Gasteiger partial charge in [0.15, 0.2) is 0 Å². The summed E-state index contributed by atoms with van der Waals surface area (Å²) in [5.74, 6) is 0.440. The van der Waals surface area contributed by atoms with Crippen molar-refractivity contribution in [2.75, 3.05) is 17.7 Å². The first kappa shape index (κ1) is 15.9. The summed E-state index contributed by atoms with van der Waals surface area (Å²) in [6.45, 7) is 2.52. The van der Waals surface area contributed by atoms with Gasteiger partial charge < -0.3 is 15.8 Å². The summed E-state index contributed by atoms with van der Waals surface area (Å²) < 4.78 is 19.2. The Morgan fingerprint density at radius 3 is 2.86 bits per heavy atom. The van der Waals surface area contributed by atoms with Crippen molar-refractivity contribution >= 4 is 44.7 Å². The average Bonchev–Trinajstić information content (AvgIpc) is 2.43. The van der Waals surface area contributed by atoms with Gasteiger partial charge in [0.2, 0.25) is 5.88 Å². The monoisotopic (exact) mass is 373 g/mol. The van der Waals surface area contributed by atoms with Crippen LogP contribution in [0, 0.1) is 5.82 Å². The molecule has 0 atom stereocenters. The molecule has 0 spiro atoms. The van der Waals surface area contributed by atoms with E-state index in [-0.39, 0.29) is 5.02 Å². The molecule has 2 rings (SSSR count). The lowest BCUT2D eigenvalue weighted by Crippen LogP contribution is -2.03. The summed E-state index contributed by atoms with van der Waals surface area (Å²) in [5, 5.41) is 3.27. The van der Waals surface area contributed by atoms with Gasteiger partial charge in [-0.15, -0.1) is 0 Å². The second kappa shape index (κ2) is 6.95. The number of nitrogen functional groups attached to an aromatic ring is 1. The Kier molecular flexibility index (Phi) is 5.25. The van der Waals surface area contributed by atoms with Gasteiger partial charge in [0.25, 0.3) is 0 Å². The van der Waals surface area contributed by atoms with Gasteiger partial charge in [0.1, 0.15) is 11.6 Å². The maximum absolute atomic E-state index is 13.2. The van der Waals surface area contributed by atoms with Gasteiger partial charge in [-0.1, -0.05) is 18.5 Å². The van der Waals surface area contributed by atoms with Crippen LogP contribution in [0.1, 0.15) is 13.3 Å². The number of ether oxygens (including phenoxy) is 1. The van der Waals surface area contributed by atoms with E-state index in [0.29, 0.717) is 34.2 Å². The number of nitrogens with zero attached hydrogens (tertiary/aromatic N) is 1. The lowest BCUT2D eigenvalue weighted by Gasteiger charge is -2.12. The quantitative estimate of drug-likeness (QED) is 0.793. The number of rotatable bonds is 5. The van der Waals surface area contributed by atoms with Gasteiger partial charge in [0, 0.05) is 4.47 Å². The minimum absolute atomic E-state index is 0.247. The summed E-state index contributed by atoms with van der Waals surface area (Å²) in [7, 11) is 0. The van der Waals surface area contributed by atoms with Crippen molar-refractivity contribution in [3.63, 3.8) is 0 Å². The van der Waals surface area contributed by atoms with Gasteiger partial charge in [-0.05, 0) is 46.6 Å². The van der Waals surface area contributed by atoms with Crippen molar-refractivity contribution in [1.29, 1.82) is 0 Å². The third-order valence-electron chi connectivity index (χ3n) is 2.59. The first-order chi connectivity index (χ1) is 10.0. The fourth-order valence-electron chi connectivity index (χ4n) is 1.62. The number of nitrogens with one attached hydrogen (secondary N) is 1. The summed E-state index contributed by atoms with van der Waals surface area (Å²) in [6, 6.07) is 5.92. The molecule has 0 radical (unpaired) electrons. The van der Waals surface area contributed by atoms with Gasteiger partial charge in [-0.3, -0.25) is 0 Å². The topological polar surface area (TPSA) is 60.2 Å². The SMILES string of the molecule is CCCOc1nc(Nc2c(Cl)cc(F)cc2Br)ccc1N. The van der Waals surface area contributed by atoms with E-state index in [4.69, 9.17) is 22.1 Å². The summed E-state index contributed by atoms with van der Waals surface area (Å²) >= 11 is 9.28. The zero-order valence-electron chi connectivity index (χ0n) is 11.3. The molecule has 0 aliphatic carbocycles. The molecule has 112 valence electrons. The molecule has 0 aliphatic heterocycles. The summed E-state index contributed by atoms with van der Waals surface area (Å²) in [4.78, 5) is 4.28. The van der Waals surface area contributed by atoms with E-state index in [0.717, 1.165) is 6.42 Å². The van der Waals surface area contributed by atoms with Crippen LogP contribution in [0.25, 0.3) is 0 Å². The number of pyridine rings is 1. The number of hydrogen-bond donors (Lipinski definition) is 2. The van der Waals surface area contributed by atoms with Crippen molar-refractivity contribution in [1.82, 2.24) is 4.98 Å². The Labute approximate surface area is 135 Å². The first-order valence-corrected chi connectivity index (χ1v) is 7.49. The van der Waals surface area contributed by atoms with Crippen molar-refractivity contribution in [2.24, 2.45) is 0 Å². The highest BCUT2D eigenvalue weighted by Crippen LogP contribution is 2.34. The normalized spacial score (nSPS) is 10.5. The van der Waals surface area contributed by atoms with Crippen LogP contribution in [0.15, 0.2) is 28.7 Å². The van der Waals surface area contributed by atoms with Gasteiger partial charge in [0.05, 0.1) is 23.0 Å². The van der Waals surface area contributed by atoms with E-state index in [1.54, 1.807) is 12.1 Å². The van der Waals surface area contributed by atoms with E-state index in [9.17, 15) is 4.39 Å². The van der Waals surface area contributed by atoms with E-state index in [1.807, 2.05) is 6.92 Å². The van der Waals surface area contributed by atoms with Crippen LogP contribution < -0.4 is 15.8 Å². The molecule has 0 fully saturated rings. The molecule has 0 bridgehead atoms. The van der Waals surface area contributed by atoms with E-state index >= 15 is 0 Å². The average molecular weight is 375 g/mol. The maximum Gasteiger partial charge on any atom is 0.239 e. The Morgan fingerprint density at radius 2 is 2.19 bits per heavy atom. The number of anilines is 3. The molecule has 21 heavy (non-hydrogen) atoms. The molecule has 0 amide bonds. The molecule has 4 nitrogen and oxygen atoms in total. The summed E-state index contributed by atoms with van der Waals surface area (Å²) in [5.41, 5.74) is 6.78. The molecule has 2 aromatic rings. The zero-order chi connectivity index (χ0) is 15.4. The highest BCUT2D eigenvalue weighted by Gasteiger charge is 2.10.